The molecule has 1 aliphatic heterocycles. The van der Waals surface area contributed by atoms with E-state index in [4.69, 9.17) is 5.73 Å². The molecule has 4 atom stereocenters. The van der Waals surface area contributed by atoms with Crippen LogP contribution >= 0.6 is 0 Å². The van der Waals surface area contributed by atoms with Crippen LogP contribution in [0.5, 0.6) is 0 Å². The summed E-state index contributed by atoms with van der Waals surface area (Å²) in [6.07, 6.45) is 1.03. The van der Waals surface area contributed by atoms with E-state index >= 15 is 0 Å². The summed E-state index contributed by atoms with van der Waals surface area (Å²) >= 11 is 0. The third-order valence-electron chi connectivity index (χ3n) is 5.06. The van der Waals surface area contributed by atoms with Crippen molar-refractivity contribution in [1.82, 2.24) is 21.3 Å². The summed E-state index contributed by atoms with van der Waals surface area (Å²) in [4.78, 5) is 60.2. The van der Waals surface area contributed by atoms with E-state index < -0.39 is 48.2 Å². The first-order valence-corrected chi connectivity index (χ1v) is 10.4. The number of aliphatic carboxylic acids is 1. The molecule has 174 valence electrons. The van der Waals surface area contributed by atoms with Gasteiger partial charge in [-0.15, -0.1) is 0 Å². The Kier molecular flexibility index (Phi) is 9.14. The molecule has 1 heterocycles. The Balaban J connectivity index is 2.08. The molecule has 1 aromatic rings. The average molecular weight is 447 g/mol. The van der Waals surface area contributed by atoms with Gasteiger partial charge < -0.3 is 32.1 Å². The second kappa shape index (κ2) is 11.8. The number of rotatable bonds is 11. The van der Waals surface area contributed by atoms with Crippen molar-refractivity contribution in [1.29, 1.82) is 0 Å². The van der Waals surface area contributed by atoms with E-state index in [1.807, 2.05) is 0 Å². The van der Waals surface area contributed by atoms with Gasteiger partial charge in [0, 0.05) is 6.42 Å². The molecule has 1 fully saturated rings. The topological polar surface area (TPSA) is 180 Å². The molecule has 11 nitrogen and oxygen atoms in total. The number of carbonyl (C=O) groups excluding carboxylic acids is 4. The van der Waals surface area contributed by atoms with E-state index in [0.717, 1.165) is 18.5 Å². The lowest BCUT2D eigenvalue weighted by molar-refractivity contribution is -0.143. The van der Waals surface area contributed by atoms with Gasteiger partial charge in [0.1, 0.15) is 18.1 Å². The fourth-order valence-electron chi connectivity index (χ4n) is 3.32. The standard InChI is InChI=1S/C21H29N5O6/c1-12(24-19(29)14-8-5-9-23-14)18(28)25-15(10-13-6-3-2-4-7-13)20(30)26-16(21(31)32)11-17(22)27/h2-4,6-7,12,14-16,23H,5,8-11H2,1H3,(H2,22,27)(H,24,29)(H,25,28)(H,26,30)(H,31,32). The van der Waals surface area contributed by atoms with Crippen molar-refractivity contribution in [3.05, 3.63) is 35.9 Å². The van der Waals surface area contributed by atoms with E-state index in [0.29, 0.717) is 6.42 Å². The van der Waals surface area contributed by atoms with Crippen LogP contribution in [0.2, 0.25) is 0 Å². The maximum absolute atomic E-state index is 12.8. The zero-order valence-electron chi connectivity index (χ0n) is 17.8. The first-order chi connectivity index (χ1) is 15.2. The van der Waals surface area contributed by atoms with Crippen molar-refractivity contribution in [3.63, 3.8) is 0 Å². The zero-order valence-corrected chi connectivity index (χ0v) is 17.8. The van der Waals surface area contributed by atoms with E-state index in [-0.39, 0.29) is 18.4 Å². The Morgan fingerprint density at radius 2 is 1.72 bits per heavy atom. The lowest BCUT2D eigenvalue weighted by atomic mass is 10.0. The largest absolute Gasteiger partial charge is 0.480 e. The number of nitrogens with one attached hydrogen (secondary N) is 4. The number of hydrogen-bond acceptors (Lipinski definition) is 6. The lowest BCUT2D eigenvalue weighted by Crippen LogP contribution is -2.57. The third-order valence-corrected chi connectivity index (χ3v) is 5.06. The molecule has 4 unspecified atom stereocenters. The van der Waals surface area contributed by atoms with E-state index in [9.17, 15) is 29.1 Å². The molecule has 7 N–H and O–H groups in total. The van der Waals surface area contributed by atoms with Gasteiger partial charge in [0.15, 0.2) is 0 Å². The van der Waals surface area contributed by atoms with E-state index in [1.54, 1.807) is 30.3 Å². The molecule has 0 radical (unpaired) electrons. The monoisotopic (exact) mass is 447 g/mol. The summed E-state index contributed by atoms with van der Waals surface area (Å²) in [5, 5.41) is 19.7. The zero-order chi connectivity index (χ0) is 23.7. The molecular formula is C21H29N5O6. The smallest absolute Gasteiger partial charge is 0.326 e. The van der Waals surface area contributed by atoms with Crippen LogP contribution in [0.15, 0.2) is 30.3 Å². The van der Waals surface area contributed by atoms with Gasteiger partial charge in [0.25, 0.3) is 0 Å². The highest BCUT2D eigenvalue weighted by Crippen LogP contribution is 2.07. The van der Waals surface area contributed by atoms with Gasteiger partial charge in [-0.2, -0.15) is 0 Å². The Morgan fingerprint density at radius 1 is 1.06 bits per heavy atom. The SMILES string of the molecule is CC(NC(=O)C1CCCN1)C(=O)NC(Cc1ccccc1)C(=O)NC(CC(N)=O)C(=O)O. The summed E-state index contributed by atoms with van der Waals surface area (Å²) in [6, 6.07) is 4.87. The minimum atomic E-state index is -1.53. The highest BCUT2D eigenvalue weighted by Gasteiger charge is 2.30. The molecule has 0 bridgehead atoms. The van der Waals surface area contributed by atoms with Crippen LogP contribution in [0.25, 0.3) is 0 Å². The molecule has 0 saturated carbocycles. The first kappa shape index (κ1) is 24.8. The van der Waals surface area contributed by atoms with Crippen LogP contribution in [0.3, 0.4) is 0 Å². The van der Waals surface area contributed by atoms with Crippen molar-refractivity contribution in [2.24, 2.45) is 5.73 Å². The molecule has 1 aliphatic rings. The molecule has 4 amide bonds. The van der Waals surface area contributed by atoms with Crippen LogP contribution < -0.4 is 27.0 Å². The summed E-state index contributed by atoms with van der Waals surface area (Å²) in [6.45, 7) is 2.22. The van der Waals surface area contributed by atoms with Gasteiger partial charge in [-0.25, -0.2) is 4.79 Å². The van der Waals surface area contributed by atoms with Crippen LogP contribution in [-0.4, -0.2) is 65.4 Å². The maximum Gasteiger partial charge on any atom is 0.326 e. The molecule has 32 heavy (non-hydrogen) atoms. The number of hydrogen-bond donors (Lipinski definition) is 6. The maximum atomic E-state index is 12.8. The van der Waals surface area contributed by atoms with Gasteiger partial charge >= 0.3 is 5.97 Å². The Labute approximate surface area is 185 Å². The fourth-order valence-corrected chi connectivity index (χ4v) is 3.32. The summed E-state index contributed by atoms with van der Waals surface area (Å²) in [7, 11) is 0. The number of benzene rings is 1. The lowest BCUT2D eigenvalue weighted by Gasteiger charge is -2.23. The van der Waals surface area contributed by atoms with E-state index in [1.165, 1.54) is 6.92 Å². The van der Waals surface area contributed by atoms with Gasteiger partial charge in [-0.1, -0.05) is 30.3 Å². The third kappa shape index (κ3) is 7.65. The van der Waals surface area contributed by atoms with Gasteiger partial charge in [-0.3, -0.25) is 19.2 Å². The van der Waals surface area contributed by atoms with Crippen LogP contribution in [0.1, 0.15) is 31.7 Å². The van der Waals surface area contributed by atoms with Gasteiger partial charge in [0.2, 0.25) is 23.6 Å². The summed E-state index contributed by atoms with van der Waals surface area (Å²) in [5.41, 5.74) is 5.78. The van der Waals surface area contributed by atoms with Crippen molar-refractivity contribution in [2.45, 2.75) is 56.8 Å². The van der Waals surface area contributed by atoms with Crippen molar-refractivity contribution < 1.29 is 29.1 Å². The van der Waals surface area contributed by atoms with Crippen LogP contribution in [0, 0.1) is 0 Å². The van der Waals surface area contributed by atoms with Crippen molar-refractivity contribution >= 4 is 29.6 Å². The van der Waals surface area contributed by atoms with Crippen molar-refractivity contribution in [3.8, 4) is 0 Å². The second-order valence-corrected chi connectivity index (χ2v) is 7.70. The summed E-state index contributed by atoms with van der Waals surface area (Å²) in [5.74, 6) is -4.01. The van der Waals surface area contributed by atoms with E-state index in [2.05, 4.69) is 21.3 Å². The fraction of sp³-hybridized carbons (Fsp3) is 0.476. The minimum absolute atomic E-state index is 0.0756. The molecular weight excluding hydrogens is 418 g/mol. The summed E-state index contributed by atoms with van der Waals surface area (Å²) < 4.78 is 0. The van der Waals surface area contributed by atoms with Crippen molar-refractivity contribution in [2.75, 3.05) is 6.54 Å². The van der Waals surface area contributed by atoms with Crippen LogP contribution in [0.4, 0.5) is 0 Å². The molecule has 11 heteroatoms. The molecule has 0 spiro atoms. The number of carbonyl (C=O) groups is 5. The Hall–Kier alpha value is -3.47. The number of primary amides is 1. The predicted octanol–water partition coefficient (Wildman–Crippen LogP) is -1.58. The highest BCUT2D eigenvalue weighted by atomic mass is 16.4. The number of carboxylic acids is 1. The number of nitrogens with two attached hydrogens (primary N) is 1. The second-order valence-electron chi connectivity index (χ2n) is 7.70. The normalized spacial score (nSPS) is 18.1. The molecule has 1 aromatic carbocycles. The molecule has 2 rings (SSSR count). The molecule has 0 aliphatic carbocycles. The average Bonchev–Trinajstić information content (AvgIpc) is 3.28. The predicted molar refractivity (Wildman–Crippen MR) is 114 cm³/mol. The molecule has 0 aromatic heterocycles. The van der Waals surface area contributed by atoms with Crippen LogP contribution in [-0.2, 0) is 30.4 Å². The minimum Gasteiger partial charge on any atom is -0.480 e. The Morgan fingerprint density at radius 3 is 2.28 bits per heavy atom. The van der Waals surface area contributed by atoms with Gasteiger partial charge in [0.05, 0.1) is 12.5 Å². The first-order valence-electron chi connectivity index (χ1n) is 10.4. The molecule has 1 saturated heterocycles. The number of carboxylic acid groups (broad SMARTS) is 1. The quantitative estimate of drug-likeness (QED) is 0.237. The number of amides is 4. The van der Waals surface area contributed by atoms with Gasteiger partial charge in [-0.05, 0) is 31.9 Å². The highest BCUT2D eigenvalue weighted by molar-refractivity contribution is 5.94. The Bertz CT molecular complexity index is 840.